The van der Waals surface area contributed by atoms with Crippen molar-refractivity contribution in [2.45, 2.75) is 96.2 Å². The molecule has 1 N–H and O–H groups in total. The minimum absolute atomic E-state index is 0.134. The minimum atomic E-state index is -0.755. The van der Waals surface area contributed by atoms with E-state index in [1.807, 2.05) is 0 Å². The SMILES string of the molecule is O=C(O)CCC(OCC12CCC(CC1)CC2)OCC12CCC(CC1)CC2. The zero-order chi connectivity index (χ0) is 18.0. The molecule has 0 unspecified atom stereocenters. The average Bonchev–Trinajstić information content (AvgIpc) is 2.70. The summed E-state index contributed by atoms with van der Waals surface area (Å²) in [5.74, 6) is 1.16. The zero-order valence-electron chi connectivity index (χ0n) is 16.2. The molecule has 0 aromatic heterocycles. The van der Waals surface area contributed by atoms with Gasteiger partial charge in [-0.05, 0) is 99.7 Å². The molecule has 6 aliphatic rings. The van der Waals surface area contributed by atoms with Crippen molar-refractivity contribution in [2.24, 2.45) is 22.7 Å². The van der Waals surface area contributed by atoms with Gasteiger partial charge < -0.3 is 14.6 Å². The zero-order valence-corrected chi connectivity index (χ0v) is 16.2. The van der Waals surface area contributed by atoms with Crippen molar-refractivity contribution >= 4 is 5.97 Å². The van der Waals surface area contributed by atoms with Gasteiger partial charge in [-0.25, -0.2) is 0 Å². The molecule has 6 fully saturated rings. The van der Waals surface area contributed by atoms with Gasteiger partial charge in [-0.2, -0.15) is 0 Å². The molecule has 4 heteroatoms. The fourth-order valence-electron chi connectivity index (χ4n) is 6.11. The normalized spacial score (nSPS) is 39.8. The Bertz CT molecular complexity index is 423. The van der Waals surface area contributed by atoms with E-state index in [0.29, 0.717) is 17.3 Å². The van der Waals surface area contributed by atoms with E-state index in [4.69, 9.17) is 14.6 Å². The van der Waals surface area contributed by atoms with Crippen LogP contribution in [0.2, 0.25) is 0 Å². The molecule has 0 aromatic rings. The summed E-state index contributed by atoms with van der Waals surface area (Å²) in [7, 11) is 0. The maximum atomic E-state index is 11.1. The molecule has 0 aromatic carbocycles. The van der Waals surface area contributed by atoms with Crippen LogP contribution in [0, 0.1) is 22.7 Å². The molecule has 0 atom stereocenters. The molecule has 6 rings (SSSR count). The minimum Gasteiger partial charge on any atom is -0.481 e. The third-order valence-corrected chi connectivity index (χ3v) is 8.24. The molecule has 0 amide bonds. The lowest BCUT2D eigenvalue weighted by molar-refractivity contribution is -0.197. The van der Waals surface area contributed by atoms with Gasteiger partial charge in [0, 0.05) is 6.42 Å². The van der Waals surface area contributed by atoms with Crippen LogP contribution in [-0.2, 0) is 14.3 Å². The Balaban J connectivity index is 1.30. The predicted octanol–water partition coefficient (Wildman–Crippen LogP) is 5.15. The second-order valence-electron chi connectivity index (χ2n) is 9.95. The van der Waals surface area contributed by atoms with E-state index in [0.717, 1.165) is 25.0 Å². The van der Waals surface area contributed by atoms with E-state index in [2.05, 4.69) is 0 Å². The van der Waals surface area contributed by atoms with Gasteiger partial charge in [0.25, 0.3) is 0 Å². The maximum absolute atomic E-state index is 11.1. The standard InChI is InChI=1S/C22H36O4/c23-19(24)1-2-20(25-15-21-9-3-17(4-10-21)5-11-21)26-16-22-12-6-18(7-13-22)8-14-22/h17-18,20H,1-16H2,(H,23,24). The van der Waals surface area contributed by atoms with Crippen molar-refractivity contribution in [2.75, 3.05) is 13.2 Å². The summed E-state index contributed by atoms with van der Waals surface area (Å²) in [5, 5.41) is 9.09. The summed E-state index contributed by atoms with van der Waals surface area (Å²) < 4.78 is 12.5. The van der Waals surface area contributed by atoms with E-state index in [1.165, 1.54) is 77.0 Å². The highest BCUT2D eigenvalue weighted by Gasteiger charge is 2.42. The molecule has 4 nitrogen and oxygen atoms in total. The third kappa shape index (κ3) is 4.27. The van der Waals surface area contributed by atoms with Gasteiger partial charge in [-0.3, -0.25) is 4.79 Å². The van der Waals surface area contributed by atoms with Crippen molar-refractivity contribution in [3.05, 3.63) is 0 Å². The highest BCUT2D eigenvalue weighted by Crippen LogP contribution is 2.51. The second kappa shape index (κ2) is 7.79. The summed E-state index contributed by atoms with van der Waals surface area (Å²) in [4.78, 5) is 11.1. The summed E-state index contributed by atoms with van der Waals surface area (Å²) in [6.07, 6.45) is 16.1. The largest absolute Gasteiger partial charge is 0.481 e. The first-order valence-corrected chi connectivity index (χ1v) is 11.0. The molecule has 148 valence electrons. The average molecular weight is 365 g/mol. The van der Waals surface area contributed by atoms with Crippen molar-refractivity contribution in [1.29, 1.82) is 0 Å². The molecule has 0 spiro atoms. The topological polar surface area (TPSA) is 55.8 Å². The number of carboxylic acids is 1. The Labute approximate surface area is 158 Å². The van der Waals surface area contributed by atoms with E-state index in [-0.39, 0.29) is 12.7 Å². The summed E-state index contributed by atoms with van der Waals surface area (Å²) in [6, 6.07) is 0. The molecular weight excluding hydrogens is 328 g/mol. The third-order valence-electron chi connectivity index (χ3n) is 8.24. The van der Waals surface area contributed by atoms with Crippen molar-refractivity contribution < 1.29 is 19.4 Å². The number of aliphatic carboxylic acids is 1. The number of carboxylic acid groups (broad SMARTS) is 1. The van der Waals surface area contributed by atoms with Crippen LogP contribution in [0.3, 0.4) is 0 Å². The van der Waals surface area contributed by atoms with Crippen LogP contribution in [0.5, 0.6) is 0 Å². The number of ether oxygens (including phenoxy) is 2. The van der Waals surface area contributed by atoms with Crippen molar-refractivity contribution in [1.82, 2.24) is 0 Å². The van der Waals surface area contributed by atoms with Crippen molar-refractivity contribution in [3.63, 3.8) is 0 Å². The maximum Gasteiger partial charge on any atom is 0.303 e. The van der Waals surface area contributed by atoms with E-state index < -0.39 is 5.97 Å². The van der Waals surface area contributed by atoms with Gasteiger partial charge in [-0.15, -0.1) is 0 Å². The quantitative estimate of drug-likeness (QED) is 0.575. The first-order chi connectivity index (χ1) is 12.6. The molecule has 6 aliphatic carbocycles. The highest BCUT2D eigenvalue weighted by molar-refractivity contribution is 5.66. The summed E-state index contributed by atoms with van der Waals surface area (Å²) in [6.45, 7) is 1.53. The van der Waals surface area contributed by atoms with Gasteiger partial charge in [0.1, 0.15) is 0 Å². The van der Waals surface area contributed by atoms with Crippen LogP contribution in [0.15, 0.2) is 0 Å². The molecule has 0 saturated heterocycles. The van der Waals surface area contributed by atoms with Gasteiger partial charge in [-0.1, -0.05) is 0 Å². The number of hydrogen-bond donors (Lipinski definition) is 1. The van der Waals surface area contributed by atoms with E-state index in [1.54, 1.807) is 0 Å². The van der Waals surface area contributed by atoms with Crippen LogP contribution < -0.4 is 0 Å². The fourth-order valence-corrected chi connectivity index (χ4v) is 6.11. The Kier molecular flexibility index (Phi) is 5.61. The smallest absolute Gasteiger partial charge is 0.303 e. The van der Waals surface area contributed by atoms with Gasteiger partial charge in [0.15, 0.2) is 6.29 Å². The lowest BCUT2D eigenvalue weighted by Gasteiger charge is -2.48. The van der Waals surface area contributed by atoms with Gasteiger partial charge in [0.2, 0.25) is 0 Å². The molecule has 0 radical (unpaired) electrons. The highest BCUT2D eigenvalue weighted by atomic mass is 16.7. The molecule has 0 aliphatic heterocycles. The number of carbonyl (C=O) groups is 1. The fraction of sp³-hybridized carbons (Fsp3) is 0.955. The first kappa shape index (κ1) is 18.7. The predicted molar refractivity (Wildman–Crippen MR) is 99.8 cm³/mol. The lowest BCUT2D eigenvalue weighted by atomic mass is 9.61. The molecule has 6 saturated carbocycles. The van der Waals surface area contributed by atoms with Crippen LogP contribution in [0.4, 0.5) is 0 Å². The Morgan fingerprint density at radius 2 is 1.19 bits per heavy atom. The van der Waals surface area contributed by atoms with Crippen LogP contribution in [-0.4, -0.2) is 30.6 Å². The van der Waals surface area contributed by atoms with E-state index in [9.17, 15) is 4.79 Å². The first-order valence-electron chi connectivity index (χ1n) is 11.0. The van der Waals surface area contributed by atoms with Gasteiger partial charge in [0.05, 0.1) is 19.6 Å². The number of rotatable bonds is 9. The molecule has 0 heterocycles. The Hall–Kier alpha value is -0.610. The Morgan fingerprint density at radius 1 is 0.808 bits per heavy atom. The van der Waals surface area contributed by atoms with Gasteiger partial charge >= 0.3 is 5.97 Å². The monoisotopic (exact) mass is 364 g/mol. The van der Waals surface area contributed by atoms with Crippen LogP contribution >= 0.6 is 0 Å². The second-order valence-corrected chi connectivity index (χ2v) is 9.95. The van der Waals surface area contributed by atoms with Crippen LogP contribution in [0.25, 0.3) is 0 Å². The molecule has 26 heavy (non-hydrogen) atoms. The van der Waals surface area contributed by atoms with Crippen LogP contribution in [0.1, 0.15) is 89.9 Å². The van der Waals surface area contributed by atoms with E-state index >= 15 is 0 Å². The number of hydrogen-bond acceptors (Lipinski definition) is 3. The summed E-state index contributed by atoms with van der Waals surface area (Å²) >= 11 is 0. The lowest BCUT2D eigenvalue weighted by Crippen LogP contribution is -2.41. The van der Waals surface area contributed by atoms with Crippen molar-refractivity contribution in [3.8, 4) is 0 Å². The number of fused-ring (bicyclic) bond motifs is 6. The summed E-state index contributed by atoms with van der Waals surface area (Å²) in [5.41, 5.74) is 0.696. The molecule has 4 bridgehead atoms. The molecular formula is C22H36O4. The Morgan fingerprint density at radius 3 is 1.54 bits per heavy atom.